The summed E-state index contributed by atoms with van der Waals surface area (Å²) in [6.07, 6.45) is -0.162. The number of aliphatic carboxylic acids is 1. The molecule has 0 radical (unpaired) electrons. The van der Waals surface area contributed by atoms with Crippen molar-refractivity contribution < 1.29 is 14.7 Å². The van der Waals surface area contributed by atoms with E-state index in [1.807, 2.05) is 0 Å². The van der Waals surface area contributed by atoms with Gasteiger partial charge < -0.3 is 5.11 Å². The minimum absolute atomic E-state index is 0.151. The Bertz CT molecular complexity index is 146. The van der Waals surface area contributed by atoms with Gasteiger partial charge in [-0.25, -0.2) is 0 Å². The summed E-state index contributed by atoms with van der Waals surface area (Å²) in [5.41, 5.74) is 0. The number of hydrogen-bond donors (Lipinski definition) is 1. The van der Waals surface area contributed by atoms with Crippen LogP contribution in [0.2, 0.25) is 0 Å². The lowest BCUT2D eigenvalue weighted by Crippen LogP contribution is -2.18. The molecule has 0 aromatic heterocycles. The van der Waals surface area contributed by atoms with Crippen molar-refractivity contribution in [3.8, 4) is 0 Å². The maximum absolute atomic E-state index is 10.7. The molecule has 0 saturated heterocycles. The van der Waals surface area contributed by atoms with Crippen molar-refractivity contribution in [3.05, 3.63) is 0 Å². The van der Waals surface area contributed by atoms with Crippen molar-refractivity contribution >= 4 is 43.6 Å². The molecule has 3 nitrogen and oxygen atoms in total. The number of halogens is 2. The first kappa shape index (κ1) is 10.1. The van der Waals surface area contributed by atoms with Gasteiger partial charge in [0, 0.05) is 0 Å². The fourth-order valence-corrected chi connectivity index (χ4v) is 1.61. The zero-order valence-electron chi connectivity index (χ0n) is 5.01. The number of ketones is 1. The SMILES string of the molecule is O=C(O)CC(Br)C(=O)CBr. The molecule has 0 aliphatic carbocycles. The van der Waals surface area contributed by atoms with E-state index in [0.717, 1.165) is 0 Å². The lowest BCUT2D eigenvalue weighted by Gasteiger charge is -2.00. The van der Waals surface area contributed by atoms with Crippen molar-refractivity contribution in [2.75, 3.05) is 5.33 Å². The highest BCUT2D eigenvalue weighted by Crippen LogP contribution is 2.07. The monoisotopic (exact) mass is 272 g/mol. The molecular formula is C5H6Br2O3. The van der Waals surface area contributed by atoms with Crippen LogP contribution in [0.3, 0.4) is 0 Å². The van der Waals surface area contributed by atoms with Crippen LogP contribution < -0.4 is 0 Å². The summed E-state index contributed by atoms with van der Waals surface area (Å²) in [4.78, 5) is 20.2. The second-order valence-corrected chi connectivity index (χ2v) is 3.33. The Morgan fingerprint density at radius 1 is 1.50 bits per heavy atom. The number of carbonyl (C=O) groups excluding carboxylic acids is 1. The Kier molecular flexibility index (Phi) is 4.89. The summed E-state index contributed by atoms with van der Waals surface area (Å²) >= 11 is 5.88. The molecule has 5 heteroatoms. The number of alkyl halides is 2. The maximum Gasteiger partial charge on any atom is 0.304 e. The number of hydrogen-bond acceptors (Lipinski definition) is 2. The molecule has 0 heterocycles. The van der Waals surface area contributed by atoms with Crippen LogP contribution in [-0.4, -0.2) is 27.0 Å². The average Bonchev–Trinajstić information content (AvgIpc) is 1.85. The van der Waals surface area contributed by atoms with Gasteiger partial charge in [0.25, 0.3) is 0 Å². The van der Waals surface area contributed by atoms with Crippen molar-refractivity contribution in [2.45, 2.75) is 11.2 Å². The molecule has 0 spiro atoms. The molecule has 0 aliphatic heterocycles. The Balaban J connectivity index is 3.72. The highest BCUT2D eigenvalue weighted by Gasteiger charge is 2.16. The Morgan fingerprint density at radius 3 is 2.30 bits per heavy atom. The Labute approximate surface area is 75.1 Å². The third-order valence-electron chi connectivity index (χ3n) is 0.835. The zero-order chi connectivity index (χ0) is 8.15. The third-order valence-corrected chi connectivity index (χ3v) is 2.22. The van der Waals surface area contributed by atoms with Gasteiger partial charge in [-0.3, -0.25) is 9.59 Å². The van der Waals surface area contributed by atoms with Gasteiger partial charge in [-0.05, 0) is 0 Å². The van der Waals surface area contributed by atoms with Crippen LogP contribution >= 0.6 is 31.9 Å². The van der Waals surface area contributed by atoms with Crippen LogP contribution in [0.15, 0.2) is 0 Å². The Morgan fingerprint density at radius 2 is 2.00 bits per heavy atom. The van der Waals surface area contributed by atoms with Crippen molar-refractivity contribution in [1.82, 2.24) is 0 Å². The maximum atomic E-state index is 10.7. The van der Waals surface area contributed by atoms with E-state index in [9.17, 15) is 9.59 Å². The molecular weight excluding hydrogens is 268 g/mol. The third kappa shape index (κ3) is 4.00. The minimum atomic E-state index is -0.976. The quantitative estimate of drug-likeness (QED) is 0.783. The van der Waals surface area contributed by atoms with E-state index in [2.05, 4.69) is 31.9 Å². The fraction of sp³-hybridized carbons (Fsp3) is 0.600. The molecule has 0 aliphatic rings. The predicted molar refractivity (Wildman–Crippen MR) is 43.8 cm³/mol. The van der Waals surface area contributed by atoms with Gasteiger partial charge in [-0.1, -0.05) is 31.9 Å². The molecule has 10 heavy (non-hydrogen) atoms. The standard InChI is InChI=1S/C5H6Br2O3/c6-2-4(8)3(7)1-5(9)10/h3H,1-2H2,(H,9,10). The first-order valence-electron chi connectivity index (χ1n) is 2.52. The van der Waals surface area contributed by atoms with Gasteiger partial charge in [0.2, 0.25) is 0 Å². The lowest BCUT2D eigenvalue weighted by atomic mass is 10.2. The smallest absolute Gasteiger partial charge is 0.304 e. The van der Waals surface area contributed by atoms with Gasteiger partial charge in [0.15, 0.2) is 5.78 Å². The van der Waals surface area contributed by atoms with E-state index < -0.39 is 10.8 Å². The highest BCUT2D eigenvalue weighted by molar-refractivity contribution is 9.10. The van der Waals surface area contributed by atoms with E-state index in [-0.39, 0.29) is 17.5 Å². The van der Waals surface area contributed by atoms with Gasteiger partial charge in [-0.15, -0.1) is 0 Å². The lowest BCUT2D eigenvalue weighted by molar-refractivity contribution is -0.138. The predicted octanol–water partition coefficient (Wildman–Crippen LogP) is 1.19. The number of carboxylic acids is 1. The molecule has 0 rings (SSSR count). The summed E-state index contributed by atoms with van der Waals surface area (Å²) < 4.78 is 0. The summed E-state index contributed by atoms with van der Waals surface area (Å²) in [7, 11) is 0. The molecule has 0 bridgehead atoms. The average molecular weight is 274 g/mol. The zero-order valence-corrected chi connectivity index (χ0v) is 8.18. The number of rotatable bonds is 4. The van der Waals surface area contributed by atoms with Gasteiger partial charge >= 0.3 is 5.97 Å². The van der Waals surface area contributed by atoms with E-state index in [4.69, 9.17) is 5.11 Å². The molecule has 0 aromatic rings. The molecule has 0 saturated carbocycles. The van der Waals surface area contributed by atoms with Gasteiger partial charge in [0.1, 0.15) is 0 Å². The molecule has 1 unspecified atom stereocenters. The van der Waals surface area contributed by atoms with Crippen molar-refractivity contribution in [2.24, 2.45) is 0 Å². The second kappa shape index (κ2) is 4.85. The molecule has 1 atom stereocenters. The van der Waals surface area contributed by atoms with Crippen LogP contribution in [-0.2, 0) is 9.59 Å². The summed E-state index contributed by atoms with van der Waals surface area (Å²) in [6, 6.07) is 0. The number of Topliss-reactive ketones (excluding diaryl/α,β-unsaturated/α-hetero) is 1. The van der Waals surface area contributed by atoms with Gasteiger partial charge in [0.05, 0.1) is 16.6 Å². The number of carboxylic acid groups (broad SMARTS) is 1. The fourth-order valence-electron chi connectivity index (χ4n) is 0.351. The van der Waals surface area contributed by atoms with Crippen LogP contribution in [0, 0.1) is 0 Å². The summed E-state index contributed by atoms with van der Waals surface area (Å²) in [5.74, 6) is -1.13. The molecule has 1 N–H and O–H groups in total. The van der Waals surface area contributed by atoms with Crippen LogP contribution in [0.4, 0.5) is 0 Å². The first-order valence-corrected chi connectivity index (χ1v) is 4.56. The number of carbonyl (C=O) groups is 2. The highest BCUT2D eigenvalue weighted by atomic mass is 79.9. The van der Waals surface area contributed by atoms with Crippen molar-refractivity contribution in [3.63, 3.8) is 0 Å². The van der Waals surface area contributed by atoms with Gasteiger partial charge in [-0.2, -0.15) is 0 Å². The molecule has 58 valence electrons. The first-order chi connectivity index (χ1) is 4.57. The molecule has 0 fully saturated rings. The largest absolute Gasteiger partial charge is 0.481 e. The minimum Gasteiger partial charge on any atom is -0.481 e. The van der Waals surface area contributed by atoms with E-state index in [0.29, 0.717) is 0 Å². The molecule has 0 amide bonds. The van der Waals surface area contributed by atoms with E-state index in [1.54, 1.807) is 0 Å². The van der Waals surface area contributed by atoms with Crippen LogP contribution in [0.25, 0.3) is 0 Å². The van der Waals surface area contributed by atoms with E-state index in [1.165, 1.54) is 0 Å². The normalized spacial score (nSPS) is 12.6. The van der Waals surface area contributed by atoms with Crippen LogP contribution in [0.5, 0.6) is 0 Å². The summed E-state index contributed by atoms with van der Waals surface area (Å²) in [6.45, 7) is 0. The molecule has 0 aromatic carbocycles. The summed E-state index contributed by atoms with van der Waals surface area (Å²) in [5, 5.41) is 8.42. The van der Waals surface area contributed by atoms with E-state index >= 15 is 0 Å². The topological polar surface area (TPSA) is 54.4 Å². The van der Waals surface area contributed by atoms with Crippen molar-refractivity contribution in [1.29, 1.82) is 0 Å². The Hall–Kier alpha value is 0.1000. The van der Waals surface area contributed by atoms with Crippen LogP contribution in [0.1, 0.15) is 6.42 Å². The second-order valence-electron chi connectivity index (χ2n) is 1.67.